The second-order valence-electron chi connectivity index (χ2n) is 10.4. The topological polar surface area (TPSA) is 27.7 Å². The van der Waals surface area contributed by atoms with E-state index in [9.17, 15) is 8.78 Å². The first-order valence-corrected chi connectivity index (χ1v) is 14.6. The normalized spacial score (nSPS) is 14.3. The Morgan fingerprint density at radius 1 is 0.730 bits per heavy atom. The molecule has 3 nitrogen and oxygen atoms in total. The van der Waals surface area contributed by atoms with Crippen LogP contribution in [0.25, 0.3) is 11.1 Å². The third kappa shape index (κ3) is 9.72. The smallest absolute Gasteiger partial charge is 0.490 e. The van der Waals surface area contributed by atoms with E-state index in [1.807, 2.05) is 12.1 Å². The Morgan fingerprint density at radius 2 is 1.32 bits per heavy atom. The minimum Gasteiger partial charge on any atom is -0.490 e. The SMILES string of the molecule is CCCCCCCCCOc1ccc(-c2ccc(B3OCC(CCCCCCC)CO3)cc2)c(F)c1F. The lowest BCUT2D eigenvalue weighted by Crippen LogP contribution is -2.44. The van der Waals surface area contributed by atoms with Crippen LogP contribution in [0.2, 0.25) is 0 Å². The summed E-state index contributed by atoms with van der Waals surface area (Å²) in [7, 11) is -0.408. The molecule has 37 heavy (non-hydrogen) atoms. The molecule has 0 saturated carbocycles. The maximum atomic E-state index is 14.9. The van der Waals surface area contributed by atoms with Gasteiger partial charge < -0.3 is 14.0 Å². The molecule has 2 aromatic rings. The lowest BCUT2D eigenvalue weighted by atomic mass is 9.76. The first-order valence-electron chi connectivity index (χ1n) is 14.6. The van der Waals surface area contributed by atoms with Crippen molar-refractivity contribution in [3.05, 3.63) is 48.0 Å². The van der Waals surface area contributed by atoms with Gasteiger partial charge in [0.15, 0.2) is 11.6 Å². The Labute approximate surface area is 223 Å². The summed E-state index contributed by atoms with van der Waals surface area (Å²) in [4.78, 5) is 0. The standard InChI is InChI=1S/C31H45BF2O3/c1-3-5-7-9-10-12-14-22-35-29-21-20-28(30(33)31(29)34)26-16-18-27(19-17-26)32-36-23-25(24-37-32)15-13-11-8-6-4-2/h16-21,25H,3-15,22-24H2,1-2H3. The van der Waals surface area contributed by atoms with Crippen molar-refractivity contribution in [1.29, 1.82) is 0 Å². The Kier molecular flexibility index (Phi) is 13.5. The highest BCUT2D eigenvalue weighted by atomic mass is 19.2. The zero-order valence-electron chi connectivity index (χ0n) is 22.9. The van der Waals surface area contributed by atoms with Crippen molar-refractivity contribution in [1.82, 2.24) is 0 Å². The van der Waals surface area contributed by atoms with Crippen LogP contribution in [0.3, 0.4) is 0 Å². The van der Waals surface area contributed by atoms with Gasteiger partial charge in [-0.25, -0.2) is 4.39 Å². The molecule has 0 unspecified atom stereocenters. The van der Waals surface area contributed by atoms with E-state index in [0.717, 1.165) is 31.1 Å². The molecule has 0 N–H and O–H groups in total. The minimum atomic E-state index is -0.927. The Hall–Kier alpha value is -1.92. The fourth-order valence-electron chi connectivity index (χ4n) is 4.87. The Balaban J connectivity index is 1.45. The molecule has 3 rings (SSSR count). The number of rotatable bonds is 17. The van der Waals surface area contributed by atoms with E-state index < -0.39 is 18.8 Å². The molecule has 0 aromatic heterocycles. The first kappa shape index (κ1) is 29.6. The highest BCUT2D eigenvalue weighted by molar-refractivity contribution is 6.61. The van der Waals surface area contributed by atoms with Gasteiger partial charge in [-0.1, -0.05) is 109 Å². The number of hydrogen-bond donors (Lipinski definition) is 0. The predicted molar refractivity (Wildman–Crippen MR) is 149 cm³/mol. The van der Waals surface area contributed by atoms with Crippen LogP contribution in [0.5, 0.6) is 5.75 Å². The van der Waals surface area contributed by atoms with Crippen molar-refractivity contribution in [2.45, 2.75) is 97.3 Å². The summed E-state index contributed by atoms with van der Waals surface area (Å²) in [6.45, 7) is 6.22. The zero-order valence-corrected chi connectivity index (χ0v) is 22.9. The molecule has 204 valence electrons. The van der Waals surface area contributed by atoms with E-state index >= 15 is 0 Å². The van der Waals surface area contributed by atoms with Crippen LogP contribution in [-0.4, -0.2) is 26.9 Å². The van der Waals surface area contributed by atoms with Gasteiger partial charge in [0.1, 0.15) is 0 Å². The molecule has 6 heteroatoms. The molecule has 1 heterocycles. The van der Waals surface area contributed by atoms with E-state index in [2.05, 4.69) is 13.8 Å². The minimum absolute atomic E-state index is 0.0206. The number of hydrogen-bond acceptors (Lipinski definition) is 3. The molecule has 0 radical (unpaired) electrons. The highest BCUT2D eigenvalue weighted by Gasteiger charge is 2.29. The maximum absolute atomic E-state index is 14.9. The summed E-state index contributed by atoms with van der Waals surface area (Å²) in [5.41, 5.74) is 1.72. The Morgan fingerprint density at radius 3 is 1.97 bits per heavy atom. The molecule has 1 fully saturated rings. The van der Waals surface area contributed by atoms with Gasteiger partial charge in [0.05, 0.1) is 6.61 Å². The van der Waals surface area contributed by atoms with Crippen LogP contribution in [0.15, 0.2) is 36.4 Å². The molecule has 0 atom stereocenters. The summed E-state index contributed by atoms with van der Waals surface area (Å²) >= 11 is 0. The van der Waals surface area contributed by atoms with E-state index in [1.165, 1.54) is 63.9 Å². The van der Waals surface area contributed by atoms with Crippen molar-refractivity contribution < 1.29 is 22.8 Å². The average molecular weight is 515 g/mol. The van der Waals surface area contributed by atoms with Crippen molar-refractivity contribution in [2.75, 3.05) is 19.8 Å². The third-order valence-corrected chi connectivity index (χ3v) is 7.23. The number of benzene rings is 2. The van der Waals surface area contributed by atoms with Crippen molar-refractivity contribution in [3.8, 4) is 16.9 Å². The molecule has 1 aliphatic rings. The van der Waals surface area contributed by atoms with Gasteiger partial charge in [-0.2, -0.15) is 4.39 Å². The predicted octanol–water partition coefficient (Wildman–Crippen LogP) is 8.48. The van der Waals surface area contributed by atoms with Crippen molar-refractivity contribution in [3.63, 3.8) is 0 Å². The molecule has 0 aliphatic carbocycles. The molecule has 1 saturated heterocycles. The van der Waals surface area contributed by atoms with Crippen molar-refractivity contribution >= 4 is 12.6 Å². The molecular formula is C31H45BF2O3. The van der Waals surface area contributed by atoms with Gasteiger partial charge in [-0.3, -0.25) is 0 Å². The fraction of sp³-hybridized carbons (Fsp3) is 0.613. The van der Waals surface area contributed by atoms with Crippen LogP contribution in [-0.2, 0) is 9.31 Å². The molecular weight excluding hydrogens is 469 g/mol. The summed E-state index contributed by atoms with van der Waals surface area (Å²) in [6, 6.07) is 10.4. The van der Waals surface area contributed by atoms with Crippen LogP contribution in [0.4, 0.5) is 8.78 Å². The highest BCUT2D eigenvalue weighted by Crippen LogP contribution is 2.30. The van der Waals surface area contributed by atoms with Gasteiger partial charge >= 0.3 is 7.12 Å². The third-order valence-electron chi connectivity index (χ3n) is 7.23. The van der Waals surface area contributed by atoms with Crippen LogP contribution in [0, 0.1) is 17.6 Å². The van der Waals surface area contributed by atoms with Crippen LogP contribution >= 0.6 is 0 Å². The molecule has 0 spiro atoms. The number of halogens is 2. The second-order valence-corrected chi connectivity index (χ2v) is 10.4. The van der Waals surface area contributed by atoms with Gasteiger partial charge in [0.2, 0.25) is 5.82 Å². The van der Waals surface area contributed by atoms with Crippen LogP contribution < -0.4 is 10.2 Å². The van der Waals surface area contributed by atoms with E-state index in [1.54, 1.807) is 18.2 Å². The van der Waals surface area contributed by atoms with Gasteiger partial charge in [-0.05, 0) is 36.0 Å². The summed E-state index contributed by atoms with van der Waals surface area (Å²) in [5.74, 6) is -1.38. The maximum Gasteiger partial charge on any atom is 0.493 e. The van der Waals surface area contributed by atoms with E-state index in [4.69, 9.17) is 14.0 Å². The quantitative estimate of drug-likeness (QED) is 0.157. The monoisotopic (exact) mass is 514 g/mol. The number of ether oxygens (including phenoxy) is 1. The largest absolute Gasteiger partial charge is 0.493 e. The number of unbranched alkanes of at least 4 members (excludes halogenated alkanes) is 10. The molecule has 1 aliphatic heterocycles. The summed E-state index contributed by atoms with van der Waals surface area (Å²) in [6.07, 6.45) is 15.6. The van der Waals surface area contributed by atoms with Crippen LogP contribution in [0.1, 0.15) is 97.3 Å². The molecule has 2 aromatic carbocycles. The van der Waals surface area contributed by atoms with Gasteiger partial charge in [-0.15, -0.1) is 0 Å². The lowest BCUT2D eigenvalue weighted by molar-refractivity contribution is 0.0810. The zero-order chi connectivity index (χ0) is 26.3. The van der Waals surface area contributed by atoms with E-state index in [-0.39, 0.29) is 11.3 Å². The molecule has 0 amide bonds. The lowest BCUT2D eigenvalue weighted by Gasteiger charge is -2.27. The average Bonchev–Trinajstić information content (AvgIpc) is 2.93. The van der Waals surface area contributed by atoms with E-state index in [0.29, 0.717) is 31.3 Å². The second kappa shape index (κ2) is 16.8. The molecule has 0 bridgehead atoms. The fourth-order valence-corrected chi connectivity index (χ4v) is 4.87. The van der Waals surface area contributed by atoms with Gasteiger partial charge in [0, 0.05) is 24.7 Å². The van der Waals surface area contributed by atoms with Crippen molar-refractivity contribution in [2.24, 2.45) is 5.92 Å². The Bertz CT molecular complexity index is 898. The first-order chi connectivity index (χ1) is 18.1. The summed E-state index contributed by atoms with van der Waals surface area (Å²) in [5, 5.41) is 0. The summed E-state index contributed by atoms with van der Waals surface area (Å²) < 4.78 is 47.0. The van der Waals surface area contributed by atoms with Gasteiger partial charge in [0.25, 0.3) is 0 Å².